The van der Waals surface area contributed by atoms with Crippen LogP contribution in [0.25, 0.3) is 0 Å². The SMILES string of the molecule is Cc1csc(CCNC(C)c2ccc(OCC#N)cc2)n1. The number of hydrogen-bond donors (Lipinski definition) is 1. The van der Waals surface area contributed by atoms with E-state index in [1.807, 2.05) is 37.3 Å². The molecule has 0 aliphatic heterocycles. The van der Waals surface area contributed by atoms with E-state index in [4.69, 9.17) is 10.00 Å². The highest BCUT2D eigenvalue weighted by Crippen LogP contribution is 2.17. The lowest BCUT2D eigenvalue weighted by Crippen LogP contribution is -2.21. The third kappa shape index (κ3) is 4.85. The third-order valence-electron chi connectivity index (χ3n) is 3.14. The molecule has 0 aliphatic carbocycles. The van der Waals surface area contributed by atoms with E-state index in [2.05, 4.69) is 22.6 Å². The van der Waals surface area contributed by atoms with Crippen molar-refractivity contribution in [3.63, 3.8) is 0 Å². The second-order valence-corrected chi connectivity index (χ2v) is 5.77. The van der Waals surface area contributed by atoms with Gasteiger partial charge in [-0.1, -0.05) is 12.1 Å². The summed E-state index contributed by atoms with van der Waals surface area (Å²) in [6.45, 7) is 5.14. The van der Waals surface area contributed by atoms with Gasteiger partial charge in [-0.05, 0) is 31.5 Å². The van der Waals surface area contributed by atoms with Crippen LogP contribution in [0.4, 0.5) is 0 Å². The summed E-state index contributed by atoms with van der Waals surface area (Å²) >= 11 is 1.71. The zero-order valence-corrected chi connectivity index (χ0v) is 13.1. The molecule has 1 N–H and O–H groups in total. The van der Waals surface area contributed by atoms with Crippen LogP contribution >= 0.6 is 11.3 Å². The van der Waals surface area contributed by atoms with Crippen molar-refractivity contribution in [3.05, 3.63) is 45.9 Å². The Morgan fingerprint density at radius 3 is 2.76 bits per heavy atom. The fourth-order valence-corrected chi connectivity index (χ4v) is 2.78. The largest absolute Gasteiger partial charge is 0.479 e. The molecule has 0 bridgehead atoms. The molecule has 1 unspecified atom stereocenters. The van der Waals surface area contributed by atoms with E-state index in [-0.39, 0.29) is 12.6 Å². The molecular weight excluding hydrogens is 282 g/mol. The van der Waals surface area contributed by atoms with Crippen molar-refractivity contribution in [3.8, 4) is 11.8 Å². The summed E-state index contributed by atoms with van der Waals surface area (Å²) < 4.78 is 5.24. The number of nitrogens with zero attached hydrogens (tertiary/aromatic N) is 2. The van der Waals surface area contributed by atoms with Gasteiger partial charge in [0.2, 0.25) is 0 Å². The number of nitriles is 1. The molecule has 1 heterocycles. The summed E-state index contributed by atoms with van der Waals surface area (Å²) in [6, 6.07) is 10.1. The molecular formula is C16H19N3OS. The smallest absolute Gasteiger partial charge is 0.174 e. The molecule has 2 aromatic rings. The Bertz CT molecular complexity index is 601. The van der Waals surface area contributed by atoms with Gasteiger partial charge < -0.3 is 10.1 Å². The Balaban J connectivity index is 1.80. The summed E-state index contributed by atoms with van der Waals surface area (Å²) in [5.74, 6) is 0.728. The molecule has 0 spiro atoms. The van der Waals surface area contributed by atoms with Gasteiger partial charge in [0.15, 0.2) is 6.61 Å². The molecule has 0 radical (unpaired) electrons. The van der Waals surface area contributed by atoms with Gasteiger partial charge in [0, 0.05) is 30.1 Å². The first-order chi connectivity index (χ1) is 10.2. The molecule has 1 atom stereocenters. The normalized spacial score (nSPS) is 11.9. The van der Waals surface area contributed by atoms with Gasteiger partial charge in [-0.25, -0.2) is 4.98 Å². The summed E-state index contributed by atoms with van der Waals surface area (Å²) in [7, 11) is 0. The van der Waals surface area contributed by atoms with Gasteiger partial charge in [0.05, 0.1) is 5.01 Å². The minimum absolute atomic E-state index is 0.0837. The molecule has 5 heteroatoms. The van der Waals surface area contributed by atoms with E-state index in [1.54, 1.807) is 11.3 Å². The Labute approximate surface area is 129 Å². The van der Waals surface area contributed by atoms with Gasteiger partial charge in [-0.2, -0.15) is 5.26 Å². The van der Waals surface area contributed by atoms with Gasteiger partial charge in [-0.15, -0.1) is 11.3 Å². The lowest BCUT2D eigenvalue weighted by Gasteiger charge is -2.14. The van der Waals surface area contributed by atoms with Crippen LogP contribution in [0.2, 0.25) is 0 Å². The van der Waals surface area contributed by atoms with Crippen LogP contribution in [0.5, 0.6) is 5.75 Å². The van der Waals surface area contributed by atoms with Crippen LogP contribution in [-0.4, -0.2) is 18.1 Å². The zero-order valence-electron chi connectivity index (χ0n) is 12.3. The van der Waals surface area contributed by atoms with Crippen LogP contribution < -0.4 is 10.1 Å². The average molecular weight is 301 g/mol. The van der Waals surface area contributed by atoms with E-state index in [0.717, 1.165) is 24.4 Å². The van der Waals surface area contributed by atoms with E-state index in [1.165, 1.54) is 10.6 Å². The maximum absolute atomic E-state index is 8.47. The third-order valence-corrected chi connectivity index (χ3v) is 4.17. The molecule has 0 aliphatic rings. The Kier molecular flexibility index (Phi) is 5.73. The Hall–Kier alpha value is -1.90. The standard InChI is InChI=1S/C16H19N3OS/c1-12-11-21-16(19-12)7-9-18-13(2)14-3-5-15(6-4-14)20-10-8-17/h3-6,11,13,18H,7,9-10H2,1-2H3. The second-order valence-electron chi connectivity index (χ2n) is 4.82. The lowest BCUT2D eigenvalue weighted by molar-refractivity contribution is 0.368. The molecule has 2 rings (SSSR count). The predicted molar refractivity (Wildman–Crippen MR) is 84.5 cm³/mol. The number of nitrogens with one attached hydrogen (secondary N) is 1. The van der Waals surface area contributed by atoms with Crippen LogP contribution in [0, 0.1) is 18.3 Å². The van der Waals surface area contributed by atoms with Crippen molar-refractivity contribution in [2.45, 2.75) is 26.3 Å². The molecule has 0 saturated carbocycles. The number of benzene rings is 1. The average Bonchev–Trinajstić information content (AvgIpc) is 2.91. The lowest BCUT2D eigenvalue weighted by atomic mass is 10.1. The molecule has 1 aromatic carbocycles. The molecule has 4 nitrogen and oxygen atoms in total. The predicted octanol–water partition coefficient (Wildman–Crippen LogP) is 3.25. The number of thiazole rings is 1. The topological polar surface area (TPSA) is 57.9 Å². The van der Waals surface area contributed by atoms with E-state index < -0.39 is 0 Å². The van der Waals surface area contributed by atoms with E-state index >= 15 is 0 Å². The summed E-state index contributed by atoms with van der Waals surface area (Å²) in [4.78, 5) is 4.46. The molecule has 0 fully saturated rings. The molecule has 0 saturated heterocycles. The minimum atomic E-state index is 0.0837. The van der Waals surface area contributed by atoms with Crippen molar-refractivity contribution in [2.75, 3.05) is 13.2 Å². The maximum atomic E-state index is 8.47. The van der Waals surface area contributed by atoms with Crippen molar-refractivity contribution in [1.29, 1.82) is 5.26 Å². The quantitative estimate of drug-likeness (QED) is 0.853. The first-order valence-corrected chi connectivity index (χ1v) is 7.81. The van der Waals surface area contributed by atoms with Crippen molar-refractivity contribution in [1.82, 2.24) is 10.3 Å². The Morgan fingerprint density at radius 1 is 1.38 bits per heavy atom. The van der Waals surface area contributed by atoms with Crippen molar-refractivity contribution >= 4 is 11.3 Å². The highest BCUT2D eigenvalue weighted by atomic mass is 32.1. The molecule has 0 amide bonds. The van der Waals surface area contributed by atoms with Gasteiger partial charge in [0.25, 0.3) is 0 Å². The second kappa shape index (κ2) is 7.77. The fourth-order valence-electron chi connectivity index (χ4n) is 2.00. The van der Waals surface area contributed by atoms with Crippen LogP contribution in [-0.2, 0) is 6.42 Å². The number of aromatic nitrogens is 1. The first-order valence-electron chi connectivity index (χ1n) is 6.93. The van der Waals surface area contributed by atoms with Crippen LogP contribution in [0.1, 0.15) is 29.2 Å². The number of rotatable bonds is 7. The van der Waals surface area contributed by atoms with Gasteiger partial charge in [-0.3, -0.25) is 0 Å². The van der Waals surface area contributed by atoms with E-state index in [9.17, 15) is 0 Å². The zero-order chi connectivity index (χ0) is 15.1. The number of ether oxygens (including phenoxy) is 1. The van der Waals surface area contributed by atoms with Gasteiger partial charge >= 0.3 is 0 Å². The first kappa shape index (κ1) is 15.5. The van der Waals surface area contributed by atoms with Crippen LogP contribution in [0.3, 0.4) is 0 Å². The summed E-state index contributed by atoms with van der Waals surface area (Å²) in [5.41, 5.74) is 2.30. The summed E-state index contributed by atoms with van der Waals surface area (Å²) in [5, 5.41) is 15.2. The monoisotopic (exact) mass is 301 g/mol. The maximum Gasteiger partial charge on any atom is 0.174 e. The Morgan fingerprint density at radius 2 is 2.14 bits per heavy atom. The molecule has 110 valence electrons. The fraction of sp³-hybridized carbons (Fsp3) is 0.375. The highest BCUT2D eigenvalue weighted by molar-refractivity contribution is 7.09. The summed E-state index contributed by atoms with van der Waals surface area (Å²) in [6.07, 6.45) is 0.951. The van der Waals surface area contributed by atoms with E-state index in [0.29, 0.717) is 0 Å². The van der Waals surface area contributed by atoms with Gasteiger partial charge in [0.1, 0.15) is 11.8 Å². The van der Waals surface area contributed by atoms with Crippen molar-refractivity contribution in [2.24, 2.45) is 0 Å². The van der Waals surface area contributed by atoms with Crippen molar-refractivity contribution < 1.29 is 4.74 Å². The molecule has 1 aromatic heterocycles. The van der Waals surface area contributed by atoms with Crippen LogP contribution in [0.15, 0.2) is 29.6 Å². The number of hydrogen-bond acceptors (Lipinski definition) is 5. The minimum Gasteiger partial charge on any atom is -0.479 e. The molecule has 21 heavy (non-hydrogen) atoms. The number of aryl methyl sites for hydroxylation is 1. The highest BCUT2D eigenvalue weighted by Gasteiger charge is 2.06.